The van der Waals surface area contributed by atoms with E-state index in [2.05, 4.69) is 63.5 Å². The van der Waals surface area contributed by atoms with Crippen LogP contribution in [0.5, 0.6) is 0 Å². The molecule has 1 fully saturated rings. The van der Waals surface area contributed by atoms with Gasteiger partial charge in [-0.1, -0.05) is 42.0 Å². The highest BCUT2D eigenvalue weighted by atomic mass is 32.1. The van der Waals surface area contributed by atoms with Crippen LogP contribution in [-0.4, -0.2) is 34.2 Å². The topological polar surface area (TPSA) is 49.2 Å². The van der Waals surface area contributed by atoms with Crippen molar-refractivity contribution in [2.24, 2.45) is 5.10 Å². The van der Waals surface area contributed by atoms with Crippen molar-refractivity contribution in [2.45, 2.75) is 26.2 Å². The number of H-pyrrole nitrogens is 1. The van der Waals surface area contributed by atoms with E-state index in [0.29, 0.717) is 10.6 Å². The lowest BCUT2D eigenvalue weighted by Crippen LogP contribution is -2.29. The number of aromatic amines is 1. The Kier molecular flexibility index (Phi) is 5.16. The molecule has 1 aliphatic rings. The van der Waals surface area contributed by atoms with Gasteiger partial charge in [0.05, 0.1) is 6.21 Å². The number of aromatic nitrogens is 3. The maximum absolute atomic E-state index is 5.34. The molecular weight excluding hydrogens is 354 g/mol. The van der Waals surface area contributed by atoms with Crippen molar-refractivity contribution < 1.29 is 0 Å². The highest BCUT2D eigenvalue weighted by Crippen LogP contribution is 2.20. The fourth-order valence-electron chi connectivity index (χ4n) is 3.34. The molecule has 27 heavy (non-hydrogen) atoms. The van der Waals surface area contributed by atoms with E-state index < -0.39 is 0 Å². The summed E-state index contributed by atoms with van der Waals surface area (Å²) in [7, 11) is 0. The first-order valence-corrected chi connectivity index (χ1v) is 9.75. The monoisotopic (exact) mass is 377 g/mol. The number of benzene rings is 2. The lowest BCUT2D eigenvalue weighted by atomic mass is 10.1. The summed E-state index contributed by atoms with van der Waals surface area (Å²) in [5.74, 6) is 0.709. The molecule has 0 radical (unpaired) electrons. The van der Waals surface area contributed by atoms with E-state index in [0.717, 1.165) is 24.2 Å². The van der Waals surface area contributed by atoms with Gasteiger partial charge in [-0.25, -0.2) is 5.10 Å². The zero-order chi connectivity index (χ0) is 18.6. The number of anilines is 1. The molecule has 1 saturated heterocycles. The molecule has 0 unspecified atom stereocenters. The average Bonchev–Trinajstić information content (AvgIpc) is 3.08. The Morgan fingerprint density at radius 2 is 1.70 bits per heavy atom. The SMILES string of the molecule is Cc1ccc(-c2n[nH]c(=S)n2/N=C\c2ccc(N3CCCCC3)cc2)cc1. The van der Waals surface area contributed by atoms with E-state index in [4.69, 9.17) is 12.2 Å². The fraction of sp³-hybridized carbons (Fsp3) is 0.286. The van der Waals surface area contributed by atoms with Crippen LogP contribution in [0.3, 0.4) is 0 Å². The van der Waals surface area contributed by atoms with Gasteiger partial charge in [0.1, 0.15) is 0 Å². The predicted molar refractivity (Wildman–Crippen MR) is 113 cm³/mol. The Morgan fingerprint density at radius 1 is 1.00 bits per heavy atom. The zero-order valence-corrected chi connectivity index (χ0v) is 16.2. The number of piperidine rings is 1. The van der Waals surface area contributed by atoms with E-state index in [-0.39, 0.29) is 0 Å². The van der Waals surface area contributed by atoms with Crippen molar-refractivity contribution in [1.29, 1.82) is 0 Å². The molecule has 6 heteroatoms. The molecular formula is C21H23N5S. The molecule has 4 rings (SSSR count). The molecule has 1 aliphatic heterocycles. The summed E-state index contributed by atoms with van der Waals surface area (Å²) in [4.78, 5) is 2.45. The van der Waals surface area contributed by atoms with Crippen LogP contribution < -0.4 is 4.90 Å². The summed E-state index contributed by atoms with van der Waals surface area (Å²) in [6.45, 7) is 4.36. The fourth-order valence-corrected chi connectivity index (χ4v) is 3.52. The van der Waals surface area contributed by atoms with Gasteiger partial charge in [-0.2, -0.15) is 14.9 Å². The van der Waals surface area contributed by atoms with E-state index in [1.54, 1.807) is 4.68 Å². The second-order valence-electron chi connectivity index (χ2n) is 6.91. The molecule has 2 aromatic carbocycles. The summed E-state index contributed by atoms with van der Waals surface area (Å²) in [5, 5.41) is 11.7. The second kappa shape index (κ2) is 7.88. The number of rotatable bonds is 4. The van der Waals surface area contributed by atoms with Crippen molar-refractivity contribution in [2.75, 3.05) is 18.0 Å². The highest BCUT2D eigenvalue weighted by Gasteiger charge is 2.10. The van der Waals surface area contributed by atoms with Crippen LogP contribution >= 0.6 is 12.2 Å². The lowest BCUT2D eigenvalue weighted by Gasteiger charge is -2.28. The summed E-state index contributed by atoms with van der Waals surface area (Å²) < 4.78 is 2.14. The molecule has 1 aromatic heterocycles. The first kappa shape index (κ1) is 17.7. The number of hydrogen-bond acceptors (Lipinski definition) is 4. The van der Waals surface area contributed by atoms with Crippen molar-refractivity contribution >= 4 is 24.1 Å². The Labute approximate surface area is 164 Å². The van der Waals surface area contributed by atoms with Crippen LogP contribution in [-0.2, 0) is 0 Å². The quantitative estimate of drug-likeness (QED) is 0.525. The van der Waals surface area contributed by atoms with E-state index in [1.165, 1.54) is 30.5 Å². The Morgan fingerprint density at radius 3 is 2.41 bits per heavy atom. The van der Waals surface area contributed by atoms with Gasteiger partial charge in [0.15, 0.2) is 5.82 Å². The van der Waals surface area contributed by atoms with Crippen LogP contribution in [0, 0.1) is 11.7 Å². The zero-order valence-electron chi connectivity index (χ0n) is 15.4. The van der Waals surface area contributed by atoms with Gasteiger partial charge in [-0.05, 0) is 56.1 Å². The molecule has 0 amide bonds. The average molecular weight is 378 g/mol. The van der Waals surface area contributed by atoms with E-state index >= 15 is 0 Å². The number of aryl methyl sites for hydroxylation is 1. The number of nitrogens with zero attached hydrogens (tertiary/aromatic N) is 4. The number of nitrogens with one attached hydrogen (secondary N) is 1. The van der Waals surface area contributed by atoms with Crippen LogP contribution in [0.1, 0.15) is 30.4 Å². The molecule has 0 spiro atoms. The predicted octanol–water partition coefficient (Wildman–Crippen LogP) is 4.79. The summed E-state index contributed by atoms with van der Waals surface area (Å²) in [5.41, 5.74) is 4.50. The molecule has 1 N–H and O–H groups in total. The molecule has 0 saturated carbocycles. The summed E-state index contributed by atoms with van der Waals surface area (Å²) in [6.07, 6.45) is 5.73. The van der Waals surface area contributed by atoms with Crippen LogP contribution in [0.15, 0.2) is 53.6 Å². The van der Waals surface area contributed by atoms with Gasteiger partial charge < -0.3 is 4.90 Å². The van der Waals surface area contributed by atoms with Gasteiger partial charge >= 0.3 is 0 Å². The van der Waals surface area contributed by atoms with Gasteiger partial charge in [-0.3, -0.25) is 0 Å². The normalized spacial score (nSPS) is 14.8. The third-order valence-corrected chi connectivity index (χ3v) is 5.16. The molecule has 2 heterocycles. The van der Waals surface area contributed by atoms with Crippen molar-refractivity contribution in [3.8, 4) is 11.4 Å². The van der Waals surface area contributed by atoms with E-state index in [1.807, 2.05) is 18.3 Å². The molecule has 3 aromatic rings. The second-order valence-corrected chi connectivity index (χ2v) is 7.30. The standard InChI is InChI=1S/C21H23N5S/c1-16-5-9-18(10-6-16)20-23-24-21(27)26(20)22-15-17-7-11-19(12-8-17)25-13-3-2-4-14-25/h5-12,15H,2-4,13-14H2,1H3,(H,24,27)/b22-15-. The molecule has 5 nitrogen and oxygen atoms in total. The summed E-state index contributed by atoms with van der Waals surface area (Å²) in [6, 6.07) is 16.7. The van der Waals surface area contributed by atoms with Gasteiger partial charge in [0.2, 0.25) is 4.77 Å². The maximum Gasteiger partial charge on any atom is 0.216 e. The lowest BCUT2D eigenvalue weighted by molar-refractivity contribution is 0.578. The minimum atomic E-state index is 0.478. The Bertz CT molecular complexity index is 977. The van der Waals surface area contributed by atoms with Crippen molar-refractivity contribution in [3.05, 3.63) is 64.4 Å². The molecule has 0 bridgehead atoms. The van der Waals surface area contributed by atoms with Crippen LogP contribution in [0.2, 0.25) is 0 Å². The van der Waals surface area contributed by atoms with Crippen molar-refractivity contribution in [1.82, 2.24) is 14.9 Å². The van der Waals surface area contributed by atoms with Crippen LogP contribution in [0.4, 0.5) is 5.69 Å². The third kappa shape index (κ3) is 4.01. The molecule has 0 atom stereocenters. The van der Waals surface area contributed by atoms with Gasteiger partial charge in [0, 0.05) is 24.3 Å². The van der Waals surface area contributed by atoms with Crippen molar-refractivity contribution in [3.63, 3.8) is 0 Å². The largest absolute Gasteiger partial charge is 0.372 e. The first-order valence-electron chi connectivity index (χ1n) is 9.34. The third-order valence-electron chi connectivity index (χ3n) is 4.90. The highest BCUT2D eigenvalue weighted by molar-refractivity contribution is 7.71. The molecule has 0 aliphatic carbocycles. The first-order chi connectivity index (χ1) is 13.2. The van der Waals surface area contributed by atoms with Crippen LogP contribution in [0.25, 0.3) is 11.4 Å². The summed E-state index contributed by atoms with van der Waals surface area (Å²) >= 11 is 5.34. The Hall–Kier alpha value is -2.73. The van der Waals surface area contributed by atoms with E-state index in [9.17, 15) is 0 Å². The van der Waals surface area contributed by atoms with Gasteiger partial charge in [0.25, 0.3) is 0 Å². The molecule has 138 valence electrons. The maximum atomic E-state index is 5.34. The Balaban J connectivity index is 1.55. The number of hydrogen-bond donors (Lipinski definition) is 1. The van der Waals surface area contributed by atoms with Gasteiger partial charge in [-0.15, -0.1) is 0 Å². The minimum Gasteiger partial charge on any atom is -0.372 e. The smallest absolute Gasteiger partial charge is 0.216 e. The minimum absolute atomic E-state index is 0.478.